The minimum atomic E-state index is -0.894. The number of benzene rings is 1. The van der Waals surface area contributed by atoms with E-state index >= 15 is 0 Å². The van der Waals surface area contributed by atoms with Gasteiger partial charge in [-0.2, -0.15) is 0 Å². The zero-order valence-electron chi connectivity index (χ0n) is 12.5. The average Bonchev–Trinajstić information content (AvgIpc) is 2.16. The lowest BCUT2D eigenvalue weighted by molar-refractivity contribution is 0.0635. The van der Waals surface area contributed by atoms with E-state index in [1.165, 1.54) is 0 Å². The van der Waals surface area contributed by atoms with Crippen LogP contribution >= 0.6 is 0 Å². The van der Waals surface area contributed by atoms with Crippen molar-refractivity contribution >= 4 is 11.8 Å². The van der Waals surface area contributed by atoms with E-state index in [1.807, 2.05) is 33.8 Å². The molecule has 0 radical (unpaired) electrons. The second kappa shape index (κ2) is 5.21. The Bertz CT molecular complexity index is 467. The van der Waals surface area contributed by atoms with E-state index in [2.05, 4.69) is 5.32 Å². The fraction of sp³-hybridized carbons (Fsp3) is 0.533. The molecule has 4 nitrogen and oxygen atoms in total. The molecule has 0 aromatic heterocycles. The summed E-state index contributed by atoms with van der Waals surface area (Å²) in [6.07, 6.45) is -0.480. The summed E-state index contributed by atoms with van der Waals surface area (Å²) in [6, 6.07) is 5.42. The van der Waals surface area contributed by atoms with Gasteiger partial charge in [0.2, 0.25) is 0 Å². The molecule has 0 aliphatic heterocycles. The number of hydrogen-bond acceptors (Lipinski definition) is 3. The van der Waals surface area contributed by atoms with Gasteiger partial charge < -0.3 is 9.84 Å². The molecule has 4 heteroatoms. The van der Waals surface area contributed by atoms with Crippen molar-refractivity contribution in [3.05, 3.63) is 29.3 Å². The van der Waals surface area contributed by atoms with Gasteiger partial charge in [0.1, 0.15) is 5.60 Å². The smallest absolute Gasteiger partial charge is 0.412 e. The van der Waals surface area contributed by atoms with Crippen molar-refractivity contribution < 1.29 is 14.6 Å². The Hall–Kier alpha value is -1.55. The molecule has 0 saturated carbocycles. The van der Waals surface area contributed by atoms with Crippen molar-refractivity contribution in [3.8, 4) is 0 Å². The molecular weight excluding hydrogens is 242 g/mol. The molecule has 1 aromatic carbocycles. The summed E-state index contributed by atoms with van der Waals surface area (Å²) in [5.74, 6) is 0. The second-order valence-corrected chi connectivity index (χ2v) is 6.22. The molecule has 0 spiro atoms. The lowest BCUT2D eigenvalue weighted by atomic mass is 9.96. The SMILES string of the molecule is Cc1cc(C(C)(C)O)ccc1NC(=O)OC(C)(C)C. The van der Waals surface area contributed by atoms with Gasteiger partial charge in [0.15, 0.2) is 0 Å². The Morgan fingerprint density at radius 3 is 2.21 bits per heavy atom. The molecule has 19 heavy (non-hydrogen) atoms. The van der Waals surface area contributed by atoms with Crippen LogP contribution in [0.5, 0.6) is 0 Å². The van der Waals surface area contributed by atoms with Gasteiger partial charge in [0.25, 0.3) is 0 Å². The molecule has 0 heterocycles. The molecule has 1 amide bonds. The summed E-state index contributed by atoms with van der Waals surface area (Å²) >= 11 is 0. The van der Waals surface area contributed by atoms with E-state index in [9.17, 15) is 9.90 Å². The van der Waals surface area contributed by atoms with E-state index in [4.69, 9.17) is 4.74 Å². The zero-order chi connectivity index (χ0) is 14.8. The number of carbonyl (C=O) groups is 1. The van der Waals surface area contributed by atoms with E-state index in [-0.39, 0.29) is 0 Å². The van der Waals surface area contributed by atoms with Crippen LogP contribution in [-0.2, 0) is 10.3 Å². The van der Waals surface area contributed by atoms with Gasteiger partial charge in [0.05, 0.1) is 5.60 Å². The Kier molecular flexibility index (Phi) is 4.25. The van der Waals surface area contributed by atoms with Crippen molar-refractivity contribution in [3.63, 3.8) is 0 Å². The molecule has 0 aliphatic carbocycles. The predicted molar refractivity (Wildman–Crippen MR) is 76.3 cm³/mol. The molecule has 0 unspecified atom stereocenters. The van der Waals surface area contributed by atoms with Crippen molar-refractivity contribution in [2.45, 2.75) is 52.7 Å². The fourth-order valence-corrected chi connectivity index (χ4v) is 1.60. The Morgan fingerprint density at radius 2 is 1.79 bits per heavy atom. The maximum absolute atomic E-state index is 11.7. The van der Waals surface area contributed by atoms with Crippen LogP contribution < -0.4 is 5.32 Å². The Labute approximate surface area is 114 Å². The van der Waals surface area contributed by atoms with E-state index in [0.717, 1.165) is 11.1 Å². The van der Waals surface area contributed by atoms with E-state index in [0.29, 0.717) is 5.69 Å². The highest BCUT2D eigenvalue weighted by Gasteiger charge is 2.19. The van der Waals surface area contributed by atoms with Gasteiger partial charge in [0, 0.05) is 5.69 Å². The summed E-state index contributed by atoms with van der Waals surface area (Å²) < 4.78 is 5.19. The number of aliphatic hydroxyl groups is 1. The van der Waals surface area contributed by atoms with Crippen LogP contribution in [0.25, 0.3) is 0 Å². The van der Waals surface area contributed by atoms with Gasteiger partial charge in [-0.1, -0.05) is 12.1 Å². The first-order valence-electron chi connectivity index (χ1n) is 6.32. The maximum Gasteiger partial charge on any atom is 0.412 e. The third kappa shape index (κ3) is 4.91. The van der Waals surface area contributed by atoms with Crippen LogP contribution in [-0.4, -0.2) is 16.8 Å². The molecule has 0 bridgehead atoms. The maximum atomic E-state index is 11.7. The van der Waals surface area contributed by atoms with Gasteiger partial charge in [-0.05, 0) is 58.7 Å². The third-order valence-electron chi connectivity index (χ3n) is 2.57. The van der Waals surface area contributed by atoms with Crippen molar-refractivity contribution in [2.24, 2.45) is 0 Å². The highest BCUT2D eigenvalue weighted by Crippen LogP contribution is 2.25. The largest absolute Gasteiger partial charge is 0.444 e. The van der Waals surface area contributed by atoms with Gasteiger partial charge in [-0.15, -0.1) is 0 Å². The number of hydrogen-bond donors (Lipinski definition) is 2. The lowest BCUT2D eigenvalue weighted by Gasteiger charge is -2.21. The van der Waals surface area contributed by atoms with Crippen LogP contribution in [0.3, 0.4) is 0 Å². The summed E-state index contributed by atoms with van der Waals surface area (Å²) in [7, 11) is 0. The zero-order valence-corrected chi connectivity index (χ0v) is 12.5. The molecule has 106 valence electrons. The van der Waals surface area contributed by atoms with Crippen LogP contribution in [0.1, 0.15) is 45.7 Å². The van der Waals surface area contributed by atoms with Crippen LogP contribution in [0.4, 0.5) is 10.5 Å². The number of nitrogens with one attached hydrogen (secondary N) is 1. The quantitative estimate of drug-likeness (QED) is 0.859. The molecular formula is C15H23NO3. The van der Waals surface area contributed by atoms with Gasteiger partial charge in [-0.25, -0.2) is 4.79 Å². The second-order valence-electron chi connectivity index (χ2n) is 6.22. The number of aryl methyl sites for hydroxylation is 1. The van der Waals surface area contributed by atoms with Crippen molar-refractivity contribution in [1.82, 2.24) is 0 Å². The Morgan fingerprint density at radius 1 is 1.21 bits per heavy atom. The molecule has 0 saturated heterocycles. The topological polar surface area (TPSA) is 58.6 Å². The highest BCUT2D eigenvalue weighted by atomic mass is 16.6. The number of rotatable bonds is 2. The van der Waals surface area contributed by atoms with Crippen LogP contribution in [0.2, 0.25) is 0 Å². The molecule has 0 aliphatic rings. The monoisotopic (exact) mass is 265 g/mol. The summed E-state index contributed by atoms with van der Waals surface area (Å²) in [5, 5.41) is 12.6. The summed E-state index contributed by atoms with van der Waals surface area (Å²) in [4.78, 5) is 11.7. The predicted octanol–water partition coefficient (Wildman–Crippen LogP) is 3.57. The van der Waals surface area contributed by atoms with Gasteiger partial charge in [-0.3, -0.25) is 5.32 Å². The minimum Gasteiger partial charge on any atom is -0.444 e. The number of amides is 1. The number of carbonyl (C=O) groups excluding carboxylic acids is 1. The van der Waals surface area contributed by atoms with Crippen molar-refractivity contribution in [2.75, 3.05) is 5.32 Å². The number of ether oxygens (including phenoxy) is 1. The first-order chi connectivity index (χ1) is 8.49. The molecule has 2 N–H and O–H groups in total. The lowest BCUT2D eigenvalue weighted by Crippen LogP contribution is -2.27. The highest BCUT2D eigenvalue weighted by molar-refractivity contribution is 5.85. The van der Waals surface area contributed by atoms with Crippen LogP contribution in [0, 0.1) is 6.92 Å². The molecule has 0 atom stereocenters. The van der Waals surface area contributed by atoms with Gasteiger partial charge >= 0.3 is 6.09 Å². The van der Waals surface area contributed by atoms with E-state index < -0.39 is 17.3 Å². The molecule has 1 rings (SSSR count). The first kappa shape index (κ1) is 15.5. The molecule has 1 aromatic rings. The first-order valence-corrected chi connectivity index (χ1v) is 6.32. The normalized spacial score (nSPS) is 12.2. The number of anilines is 1. The van der Waals surface area contributed by atoms with E-state index in [1.54, 1.807) is 26.0 Å². The molecule has 0 fully saturated rings. The van der Waals surface area contributed by atoms with Crippen molar-refractivity contribution in [1.29, 1.82) is 0 Å². The average molecular weight is 265 g/mol. The standard InChI is InChI=1S/C15H23NO3/c1-10-9-11(15(5,6)18)7-8-12(10)16-13(17)19-14(2,3)4/h7-9,18H,1-6H3,(H,16,17). The van der Waals surface area contributed by atoms with Crippen LogP contribution in [0.15, 0.2) is 18.2 Å². The minimum absolute atomic E-state index is 0.480. The summed E-state index contributed by atoms with van der Waals surface area (Å²) in [5.41, 5.74) is 0.952. The fourth-order valence-electron chi connectivity index (χ4n) is 1.60. The Balaban J connectivity index is 2.84. The third-order valence-corrected chi connectivity index (χ3v) is 2.57. The summed E-state index contributed by atoms with van der Waals surface area (Å²) in [6.45, 7) is 10.8.